The lowest BCUT2D eigenvalue weighted by molar-refractivity contribution is 0.165. The summed E-state index contributed by atoms with van der Waals surface area (Å²) in [5.41, 5.74) is 1.19. The zero-order chi connectivity index (χ0) is 23.0. The van der Waals surface area contributed by atoms with Crippen LogP contribution in [0.25, 0.3) is 0 Å². The lowest BCUT2D eigenvalue weighted by atomic mass is 9.68. The van der Waals surface area contributed by atoms with E-state index in [1.165, 1.54) is 25.3 Å². The second kappa shape index (κ2) is 11.8. The van der Waals surface area contributed by atoms with Crippen molar-refractivity contribution in [1.29, 1.82) is 0 Å². The lowest BCUT2D eigenvalue weighted by Crippen LogP contribution is -2.33. The van der Waals surface area contributed by atoms with Gasteiger partial charge >= 0.3 is 0 Å². The van der Waals surface area contributed by atoms with Gasteiger partial charge in [0.25, 0.3) is 0 Å². The third-order valence-electron chi connectivity index (χ3n) is 5.20. The molecule has 31 heavy (non-hydrogen) atoms. The molecule has 4 nitrogen and oxygen atoms in total. The van der Waals surface area contributed by atoms with Crippen molar-refractivity contribution < 1.29 is 13.2 Å². The van der Waals surface area contributed by atoms with Crippen LogP contribution in [-0.4, -0.2) is 51.3 Å². The summed E-state index contributed by atoms with van der Waals surface area (Å²) < 4.78 is 40.1. The third-order valence-corrected chi connectivity index (χ3v) is 6.41. The van der Waals surface area contributed by atoms with Gasteiger partial charge in [0.05, 0.1) is 17.8 Å². The minimum atomic E-state index is -0.585. The van der Waals surface area contributed by atoms with Crippen molar-refractivity contribution in [2.75, 3.05) is 51.0 Å². The highest BCUT2D eigenvalue weighted by molar-refractivity contribution is 8.00. The largest absolute Gasteiger partial charge is 0.370 e. The van der Waals surface area contributed by atoms with Gasteiger partial charge in [-0.1, -0.05) is 24.1 Å². The molecule has 172 valence electrons. The fraction of sp³-hybridized carbons (Fsp3) is 0.500. The van der Waals surface area contributed by atoms with Gasteiger partial charge in [-0.2, -0.15) is 4.39 Å². The normalized spacial score (nSPS) is 16.2. The minimum absolute atomic E-state index is 0.148. The summed E-state index contributed by atoms with van der Waals surface area (Å²) in [7, 11) is 6.50. The van der Waals surface area contributed by atoms with Crippen LogP contribution < -0.4 is 9.62 Å². The van der Waals surface area contributed by atoms with Crippen LogP contribution in [0, 0.1) is 17.2 Å². The van der Waals surface area contributed by atoms with E-state index >= 15 is 0 Å². The van der Waals surface area contributed by atoms with Gasteiger partial charge in [0.1, 0.15) is 10.8 Å². The van der Waals surface area contributed by atoms with E-state index in [9.17, 15) is 13.2 Å². The van der Waals surface area contributed by atoms with Crippen molar-refractivity contribution in [2.24, 2.45) is 5.41 Å². The number of halogens is 4. The molecule has 0 unspecified atom stereocenters. The summed E-state index contributed by atoms with van der Waals surface area (Å²) in [6.07, 6.45) is 4.99. The van der Waals surface area contributed by atoms with Gasteiger partial charge in [-0.15, -0.1) is 0 Å². The number of pyridine rings is 1. The monoisotopic (exact) mass is 474 g/mol. The first-order chi connectivity index (χ1) is 14.8. The molecule has 1 spiro atoms. The molecule has 9 heteroatoms. The van der Waals surface area contributed by atoms with Gasteiger partial charge in [-0.05, 0) is 82.0 Å². The SMILES string of the molecule is CF.CN(C)C.Fc1cccc(NSc2ccc(N3CCC4(CCC4)C3)c(Cl)c2F)n1. The zero-order valence-electron chi connectivity index (χ0n) is 18.4. The maximum Gasteiger partial charge on any atom is 0.214 e. The molecule has 0 bridgehead atoms. The van der Waals surface area contributed by atoms with Gasteiger partial charge < -0.3 is 14.5 Å². The molecule has 1 aromatic carbocycles. The maximum absolute atomic E-state index is 14.7. The first-order valence-corrected chi connectivity index (χ1v) is 11.3. The van der Waals surface area contributed by atoms with Gasteiger partial charge in [-0.25, -0.2) is 9.37 Å². The number of aromatic nitrogens is 1. The number of rotatable bonds is 4. The van der Waals surface area contributed by atoms with Crippen molar-refractivity contribution in [3.63, 3.8) is 0 Å². The topological polar surface area (TPSA) is 31.4 Å². The molecule has 0 atom stereocenters. The van der Waals surface area contributed by atoms with E-state index in [0.717, 1.165) is 37.1 Å². The second-order valence-electron chi connectivity index (χ2n) is 8.13. The molecule has 1 saturated heterocycles. The predicted octanol–water partition coefficient (Wildman–Crippen LogP) is 6.28. The number of anilines is 2. The highest BCUT2D eigenvalue weighted by Crippen LogP contribution is 2.50. The Bertz CT molecular complexity index is 847. The van der Waals surface area contributed by atoms with Gasteiger partial charge in [-0.3, -0.25) is 4.39 Å². The van der Waals surface area contributed by atoms with E-state index in [2.05, 4.69) is 14.6 Å². The molecular formula is C22H30ClF3N4S. The Morgan fingerprint density at radius 3 is 2.32 bits per heavy atom. The highest BCUT2D eigenvalue weighted by Gasteiger charge is 2.43. The predicted molar refractivity (Wildman–Crippen MR) is 125 cm³/mol. The molecule has 0 amide bonds. The maximum atomic E-state index is 14.7. The number of alkyl halides is 1. The van der Waals surface area contributed by atoms with E-state index in [1.54, 1.807) is 18.2 Å². The highest BCUT2D eigenvalue weighted by atomic mass is 35.5. The van der Waals surface area contributed by atoms with Gasteiger partial charge in [0, 0.05) is 13.1 Å². The van der Waals surface area contributed by atoms with E-state index in [4.69, 9.17) is 11.6 Å². The summed E-state index contributed by atoms with van der Waals surface area (Å²) >= 11 is 7.34. The Balaban J connectivity index is 0.000000513. The number of hydrogen-bond donors (Lipinski definition) is 1. The van der Waals surface area contributed by atoms with Crippen LogP contribution in [0.15, 0.2) is 35.2 Å². The van der Waals surface area contributed by atoms with Crippen LogP contribution in [0.2, 0.25) is 5.02 Å². The lowest BCUT2D eigenvalue weighted by Gasteiger charge is -2.38. The Hall–Kier alpha value is -1.64. The summed E-state index contributed by atoms with van der Waals surface area (Å²) in [4.78, 5) is 8.24. The van der Waals surface area contributed by atoms with Crippen molar-refractivity contribution in [1.82, 2.24) is 9.88 Å². The van der Waals surface area contributed by atoms with Gasteiger partial charge in [0.2, 0.25) is 5.95 Å². The van der Waals surface area contributed by atoms with E-state index < -0.39 is 11.8 Å². The van der Waals surface area contributed by atoms with Crippen LogP contribution in [0.5, 0.6) is 0 Å². The molecule has 1 N–H and O–H groups in total. The fourth-order valence-corrected chi connectivity index (χ4v) is 4.64. The second-order valence-corrected chi connectivity index (χ2v) is 9.35. The number of nitrogens with one attached hydrogen (secondary N) is 1. The van der Waals surface area contributed by atoms with Crippen molar-refractivity contribution in [3.05, 3.63) is 47.1 Å². The van der Waals surface area contributed by atoms with Crippen molar-refractivity contribution in [3.8, 4) is 0 Å². The van der Waals surface area contributed by atoms with Crippen LogP contribution in [-0.2, 0) is 0 Å². The molecule has 2 aliphatic rings. The number of benzene rings is 1. The average molecular weight is 475 g/mol. The standard InChI is InChI=1S/C18H18ClF2N3S.C3H9N.CH3F/c19-16-12(24-10-9-18(11-24)7-2-8-18)5-6-13(17(16)21)25-23-15-4-1-3-14(20)22-15;1-4(2)3;1-2/h1,3-6H,2,7-11H2,(H,22,23);1-3H3;1H3. The van der Waals surface area contributed by atoms with Crippen LogP contribution in [0.3, 0.4) is 0 Å². The molecule has 0 radical (unpaired) electrons. The van der Waals surface area contributed by atoms with Crippen molar-refractivity contribution >= 4 is 35.1 Å². The fourth-order valence-electron chi connectivity index (χ4n) is 3.64. The summed E-state index contributed by atoms with van der Waals surface area (Å²) in [6.45, 7) is 1.89. The van der Waals surface area contributed by atoms with E-state index in [0.29, 0.717) is 23.3 Å². The van der Waals surface area contributed by atoms with Crippen molar-refractivity contribution in [2.45, 2.75) is 30.6 Å². The molecule has 1 aliphatic heterocycles. The molecule has 1 aliphatic carbocycles. The molecule has 4 rings (SSSR count). The minimum Gasteiger partial charge on any atom is -0.370 e. The molecular weight excluding hydrogens is 445 g/mol. The van der Waals surface area contributed by atoms with E-state index in [1.807, 2.05) is 32.1 Å². The molecule has 1 saturated carbocycles. The summed E-state index contributed by atoms with van der Waals surface area (Å²) in [6, 6.07) is 7.99. The van der Waals surface area contributed by atoms with Crippen LogP contribution >= 0.6 is 23.5 Å². The Kier molecular flexibility index (Phi) is 9.78. The summed E-state index contributed by atoms with van der Waals surface area (Å²) in [5, 5.41) is 0.148. The smallest absolute Gasteiger partial charge is 0.214 e. The molecule has 2 aromatic rings. The Labute approximate surface area is 192 Å². The number of nitrogens with zero attached hydrogens (tertiary/aromatic N) is 3. The van der Waals surface area contributed by atoms with Crippen LogP contribution in [0.4, 0.5) is 24.7 Å². The Morgan fingerprint density at radius 2 is 1.77 bits per heavy atom. The average Bonchev–Trinajstić information content (AvgIpc) is 3.16. The third kappa shape index (κ3) is 6.92. The van der Waals surface area contributed by atoms with E-state index in [-0.39, 0.29) is 5.02 Å². The zero-order valence-corrected chi connectivity index (χ0v) is 20.0. The van der Waals surface area contributed by atoms with Gasteiger partial charge in [0.15, 0.2) is 5.82 Å². The molecule has 1 aromatic heterocycles. The Morgan fingerprint density at radius 1 is 1.10 bits per heavy atom. The molecule has 2 heterocycles. The van der Waals surface area contributed by atoms with Crippen LogP contribution in [0.1, 0.15) is 25.7 Å². The quantitative estimate of drug-likeness (QED) is 0.416. The summed E-state index contributed by atoms with van der Waals surface area (Å²) in [5.74, 6) is -0.711. The molecule has 2 fully saturated rings. The number of hydrogen-bond acceptors (Lipinski definition) is 5. The first kappa shape index (κ1) is 25.6. The first-order valence-electron chi connectivity index (χ1n) is 10.1.